The van der Waals surface area contributed by atoms with E-state index < -0.39 is 18.1 Å². The molecule has 0 aliphatic rings. The second-order valence-corrected chi connectivity index (χ2v) is 20.2. The lowest BCUT2D eigenvalue weighted by molar-refractivity contribution is -0.889. The number of carbonyl (C=O) groups excluding carboxylic acids is 3. The van der Waals surface area contributed by atoms with Crippen LogP contribution in [0.5, 0.6) is 0 Å². The van der Waals surface area contributed by atoms with E-state index in [1.165, 1.54) is 135 Å². The Hall–Kier alpha value is -2.97. The Kier molecular flexibility index (Phi) is 48.2. The van der Waals surface area contributed by atoms with E-state index in [1.54, 1.807) is 21.1 Å². The van der Waals surface area contributed by atoms with Gasteiger partial charge in [0, 0.05) is 19.3 Å². The molecule has 0 bridgehead atoms. The fourth-order valence-electron chi connectivity index (χ4n) is 8.34. The molecule has 2 atom stereocenters. The highest BCUT2D eigenvalue weighted by Crippen LogP contribution is 2.17. The fraction of sp³-hybridized carbons (Fsp3) is 0.783. The minimum absolute atomic E-state index is 0.0349. The summed E-state index contributed by atoms with van der Waals surface area (Å²) in [6.07, 6.45) is 64.0. The van der Waals surface area contributed by atoms with Crippen LogP contribution in [0.4, 0.5) is 0 Å². The van der Waals surface area contributed by atoms with Crippen LogP contribution >= 0.6 is 0 Å². The lowest BCUT2D eigenvalue weighted by Gasteiger charge is -2.34. The molecule has 0 spiro atoms. The molecule has 0 amide bonds. The largest absolute Gasteiger partial charge is 0.544 e. The Morgan fingerprint density at radius 1 is 0.456 bits per heavy atom. The molecule has 0 radical (unpaired) electrons. The van der Waals surface area contributed by atoms with Crippen LogP contribution in [0.25, 0.3) is 0 Å². The maximum Gasteiger partial charge on any atom is 0.306 e. The van der Waals surface area contributed by atoms with Crippen molar-refractivity contribution < 1.29 is 38.2 Å². The van der Waals surface area contributed by atoms with Crippen LogP contribution in [0.3, 0.4) is 0 Å². The molecule has 68 heavy (non-hydrogen) atoms. The highest BCUT2D eigenvalue weighted by molar-refractivity contribution is 5.70. The minimum Gasteiger partial charge on any atom is -0.544 e. The van der Waals surface area contributed by atoms with Crippen LogP contribution in [0, 0.1) is 0 Å². The number of aliphatic carboxylic acids is 1. The van der Waals surface area contributed by atoms with Gasteiger partial charge in [0.15, 0.2) is 6.10 Å². The molecule has 0 N–H and O–H groups in total. The van der Waals surface area contributed by atoms with E-state index >= 15 is 0 Å². The monoisotopic (exact) mass is 954 g/mol. The summed E-state index contributed by atoms with van der Waals surface area (Å²) in [4.78, 5) is 37.1. The van der Waals surface area contributed by atoms with Crippen molar-refractivity contribution in [2.45, 2.75) is 264 Å². The summed E-state index contributed by atoms with van der Waals surface area (Å²) in [7, 11) is 5.42. The zero-order chi connectivity index (χ0) is 49.9. The van der Waals surface area contributed by atoms with Crippen molar-refractivity contribution in [2.24, 2.45) is 0 Å². The molecule has 0 aliphatic heterocycles. The lowest BCUT2D eigenvalue weighted by atomic mass is 10.0. The summed E-state index contributed by atoms with van der Waals surface area (Å²) in [5, 5.41) is 11.7. The van der Waals surface area contributed by atoms with Crippen LogP contribution in [0.2, 0.25) is 0 Å². The number of unbranched alkanes of at least 4 members (excludes halogenated alkanes) is 27. The van der Waals surface area contributed by atoms with Gasteiger partial charge in [-0.1, -0.05) is 235 Å². The highest BCUT2D eigenvalue weighted by atomic mass is 16.6. The maximum atomic E-state index is 12.8. The Morgan fingerprint density at radius 3 is 1.22 bits per heavy atom. The zero-order valence-electron chi connectivity index (χ0n) is 45.0. The molecule has 8 heteroatoms. The molecule has 0 rings (SSSR count). The molecule has 0 aromatic rings. The van der Waals surface area contributed by atoms with E-state index in [9.17, 15) is 19.5 Å². The summed E-state index contributed by atoms with van der Waals surface area (Å²) in [5.41, 5.74) is 0. The molecule has 0 fully saturated rings. The molecule has 0 aromatic heterocycles. The van der Waals surface area contributed by atoms with Crippen LogP contribution < -0.4 is 5.11 Å². The van der Waals surface area contributed by atoms with E-state index in [2.05, 4.69) is 74.6 Å². The number of allylic oxidation sites excluding steroid dienone is 10. The smallest absolute Gasteiger partial charge is 0.306 e. The molecule has 0 aliphatic carbocycles. The van der Waals surface area contributed by atoms with Gasteiger partial charge in [-0.2, -0.15) is 0 Å². The van der Waals surface area contributed by atoms with Crippen molar-refractivity contribution in [2.75, 3.05) is 41.0 Å². The molecule has 0 aromatic carbocycles. The molecule has 394 valence electrons. The number of likely N-dealkylation sites (N-methyl/N-ethyl adjacent to an activating group) is 1. The quantitative estimate of drug-likeness (QED) is 0.0259. The average Bonchev–Trinajstić information content (AvgIpc) is 3.30. The summed E-state index contributed by atoms with van der Waals surface area (Å²) < 4.78 is 17.3. The van der Waals surface area contributed by atoms with Crippen molar-refractivity contribution in [3.63, 3.8) is 0 Å². The van der Waals surface area contributed by atoms with Gasteiger partial charge in [0.1, 0.15) is 12.6 Å². The normalized spacial score (nSPS) is 13.2. The third-order valence-electron chi connectivity index (χ3n) is 12.7. The van der Waals surface area contributed by atoms with Gasteiger partial charge in [0.25, 0.3) is 0 Å². The van der Waals surface area contributed by atoms with E-state index in [0.29, 0.717) is 12.8 Å². The number of carboxylic acid groups (broad SMARTS) is 1. The van der Waals surface area contributed by atoms with Crippen LogP contribution in [0.15, 0.2) is 60.8 Å². The molecule has 2 unspecified atom stereocenters. The predicted octanol–water partition coefficient (Wildman–Crippen LogP) is 15.5. The van der Waals surface area contributed by atoms with Gasteiger partial charge in [-0.15, -0.1) is 0 Å². The van der Waals surface area contributed by atoms with E-state index in [1.807, 2.05) is 0 Å². The van der Waals surface area contributed by atoms with E-state index in [4.69, 9.17) is 14.2 Å². The van der Waals surface area contributed by atoms with Crippen molar-refractivity contribution >= 4 is 17.9 Å². The third-order valence-corrected chi connectivity index (χ3v) is 12.7. The van der Waals surface area contributed by atoms with Gasteiger partial charge >= 0.3 is 11.9 Å². The first kappa shape index (κ1) is 65.0. The standard InChI is InChI=1S/C60H107NO7/c1-6-8-10-12-14-16-18-20-22-24-26-28-30-32-34-36-38-40-42-44-46-48-50-58(62)67-55-56(54-66-53-52-57(60(64)65)61(3,4)5)68-59(63)51-49-47-45-43-41-39-37-35-33-31-29-27-25-23-21-19-17-15-13-11-9-7-2/h9,11,15,17,21,23,27,29,33,35,56-57H,6-8,10,12-14,16,18-20,22,24-26,28,30-32,34,36-55H2,1-5H3/b11-9+,17-15+,23-21+,29-27+,35-33+. The fourth-order valence-corrected chi connectivity index (χ4v) is 8.34. The van der Waals surface area contributed by atoms with Gasteiger partial charge in [0.05, 0.1) is 40.3 Å². The first-order chi connectivity index (χ1) is 33.1. The second kappa shape index (κ2) is 50.4. The van der Waals surface area contributed by atoms with Crippen molar-refractivity contribution in [3.8, 4) is 0 Å². The van der Waals surface area contributed by atoms with E-state index in [-0.39, 0.29) is 42.7 Å². The first-order valence-corrected chi connectivity index (χ1v) is 28.3. The molecule has 8 nitrogen and oxygen atoms in total. The van der Waals surface area contributed by atoms with Gasteiger partial charge < -0.3 is 28.6 Å². The number of rotatable bonds is 51. The summed E-state index contributed by atoms with van der Waals surface area (Å²) >= 11 is 0. The van der Waals surface area contributed by atoms with Crippen LogP contribution in [-0.4, -0.2) is 75.5 Å². The number of quaternary nitrogens is 1. The Balaban J connectivity index is 4.20. The molecular formula is C60H107NO7. The lowest BCUT2D eigenvalue weighted by Crippen LogP contribution is -2.55. The van der Waals surface area contributed by atoms with Crippen molar-refractivity contribution in [1.82, 2.24) is 0 Å². The van der Waals surface area contributed by atoms with Crippen molar-refractivity contribution in [3.05, 3.63) is 60.8 Å². The number of hydrogen-bond acceptors (Lipinski definition) is 7. The van der Waals surface area contributed by atoms with Gasteiger partial charge in [0.2, 0.25) is 0 Å². The molecular weight excluding hydrogens is 847 g/mol. The number of carboxylic acids is 1. The number of carbonyl (C=O) groups is 3. The number of nitrogens with zero attached hydrogens (tertiary/aromatic N) is 1. The van der Waals surface area contributed by atoms with Gasteiger partial charge in [-0.05, 0) is 57.8 Å². The third kappa shape index (κ3) is 48.1. The number of ether oxygens (including phenoxy) is 3. The Labute approximate surface area is 419 Å². The summed E-state index contributed by atoms with van der Waals surface area (Å²) in [5.74, 6) is -1.74. The molecule has 0 saturated carbocycles. The first-order valence-electron chi connectivity index (χ1n) is 28.3. The average molecular weight is 955 g/mol. The van der Waals surface area contributed by atoms with Crippen LogP contribution in [0.1, 0.15) is 251 Å². The van der Waals surface area contributed by atoms with Crippen LogP contribution in [-0.2, 0) is 28.6 Å². The second-order valence-electron chi connectivity index (χ2n) is 20.2. The minimum atomic E-state index is -1.13. The van der Waals surface area contributed by atoms with E-state index in [0.717, 1.165) is 83.5 Å². The van der Waals surface area contributed by atoms with Gasteiger partial charge in [-0.25, -0.2) is 0 Å². The summed E-state index contributed by atoms with van der Waals surface area (Å²) in [6, 6.07) is -0.731. The summed E-state index contributed by atoms with van der Waals surface area (Å²) in [6.45, 7) is 4.57. The SMILES string of the molecule is CC/C=C/C/C=C/C/C=C/C/C=C/C/C=C/CCCCCCCCC(=O)OC(COCCC(C(=O)[O-])[N+](C)(C)C)COC(=O)CCCCCCCCCCCCCCCCCCCCCCCC. The maximum absolute atomic E-state index is 12.8. The highest BCUT2D eigenvalue weighted by Gasteiger charge is 2.25. The Morgan fingerprint density at radius 2 is 0.824 bits per heavy atom. The molecule has 0 saturated heterocycles. The van der Waals surface area contributed by atoms with Gasteiger partial charge in [-0.3, -0.25) is 9.59 Å². The molecule has 0 heterocycles. The Bertz CT molecular complexity index is 1290. The van der Waals surface area contributed by atoms with Crippen molar-refractivity contribution in [1.29, 1.82) is 0 Å². The zero-order valence-corrected chi connectivity index (χ0v) is 45.0. The number of esters is 2. The predicted molar refractivity (Wildman–Crippen MR) is 286 cm³/mol. The number of hydrogen-bond donors (Lipinski definition) is 0. The topological polar surface area (TPSA) is 102 Å².